The van der Waals surface area contributed by atoms with Crippen molar-refractivity contribution >= 4 is 39.6 Å². The molecule has 10 heteroatoms. The van der Waals surface area contributed by atoms with Crippen LogP contribution in [0.25, 0.3) is 0 Å². The number of hydrogen-bond acceptors (Lipinski definition) is 8. The van der Waals surface area contributed by atoms with E-state index in [1.54, 1.807) is 23.6 Å². The van der Waals surface area contributed by atoms with E-state index >= 15 is 0 Å². The molecule has 0 amide bonds. The molecule has 0 bridgehead atoms. The van der Waals surface area contributed by atoms with E-state index in [0.29, 0.717) is 45.0 Å². The standard InChI is InChI=1S/C29H35BrN4O4S/c1-7-8-13-39-29-32-28-31-19(5)24(27(35)38-17(2)3)25(34(28)33-29)21-14-22(30)26(23(15-21)36-6)37-16-20-11-9-18(4)10-12-20/h9-12,14-15,17,25H,7-8,13,16H2,1-6H3,(H,31,32,33). The van der Waals surface area contributed by atoms with Gasteiger partial charge in [0, 0.05) is 11.4 Å². The Hall–Kier alpha value is -2.98. The molecule has 208 valence electrons. The third-order valence-electron chi connectivity index (χ3n) is 6.20. The van der Waals surface area contributed by atoms with Crippen LogP contribution in [0.1, 0.15) is 63.3 Å². The molecule has 39 heavy (non-hydrogen) atoms. The number of thioether (sulfide) groups is 1. The van der Waals surface area contributed by atoms with Crippen LogP contribution < -0.4 is 14.8 Å². The lowest BCUT2D eigenvalue weighted by Gasteiger charge is -2.29. The molecule has 0 fully saturated rings. The average Bonchev–Trinajstić information content (AvgIpc) is 3.29. The quantitative estimate of drug-likeness (QED) is 0.139. The van der Waals surface area contributed by atoms with Gasteiger partial charge in [0.05, 0.1) is 23.3 Å². The van der Waals surface area contributed by atoms with E-state index in [2.05, 4.69) is 47.2 Å². The summed E-state index contributed by atoms with van der Waals surface area (Å²) in [6, 6.07) is 11.5. The minimum Gasteiger partial charge on any atom is -0.493 e. The number of allylic oxidation sites excluding steroid dienone is 1. The molecule has 0 aliphatic carbocycles. The lowest BCUT2D eigenvalue weighted by molar-refractivity contribution is -0.143. The van der Waals surface area contributed by atoms with Crippen LogP contribution in [0.3, 0.4) is 0 Å². The number of methoxy groups -OCH3 is 1. The number of unbranched alkanes of at least 4 members (excludes halogenated alkanes) is 1. The Morgan fingerprint density at radius 3 is 2.62 bits per heavy atom. The van der Waals surface area contributed by atoms with E-state index in [1.165, 1.54) is 5.56 Å². The molecule has 1 atom stereocenters. The Morgan fingerprint density at radius 1 is 1.21 bits per heavy atom. The number of anilines is 1. The van der Waals surface area contributed by atoms with Gasteiger partial charge in [0.2, 0.25) is 11.1 Å². The third-order valence-corrected chi connectivity index (χ3v) is 7.71. The molecule has 0 spiro atoms. The summed E-state index contributed by atoms with van der Waals surface area (Å²) in [4.78, 5) is 18.1. The van der Waals surface area contributed by atoms with Crippen molar-refractivity contribution in [3.8, 4) is 11.5 Å². The van der Waals surface area contributed by atoms with Crippen molar-refractivity contribution in [1.29, 1.82) is 0 Å². The second-order valence-electron chi connectivity index (χ2n) is 9.69. The van der Waals surface area contributed by atoms with Gasteiger partial charge in [0.25, 0.3) is 0 Å². The second-order valence-corrected chi connectivity index (χ2v) is 11.6. The van der Waals surface area contributed by atoms with Gasteiger partial charge < -0.3 is 19.5 Å². The first-order valence-corrected chi connectivity index (χ1v) is 14.8. The Kier molecular flexibility index (Phi) is 9.61. The number of fused-ring (bicyclic) bond motifs is 1. The van der Waals surface area contributed by atoms with Crippen LogP contribution in [-0.4, -0.2) is 39.7 Å². The van der Waals surface area contributed by atoms with Gasteiger partial charge in [-0.2, -0.15) is 4.98 Å². The molecule has 0 saturated heterocycles. The fraction of sp³-hybridized carbons (Fsp3) is 0.414. The zero-order valence-electron chi connectivity index (χ0n) is 23.2. The van der Waals surface area contributed by atoms with E-state index in [0.717, 1.165) is 29.7 Å². The molecular formula is C29H35BrN4O4S. The Labute approximate surface area is 242 Å². The second kappa shape index (κ2) is 12.9. The summed E-state index contributed by atoms with van der Waals surface area (Å²) in [5.41, 5.74) is 4.17. The van der Waals surface area contributed by atoms with Gasteiger partial charge in [-0.1, -0.05) is 54.9 Å². The van der Waals surface area contributed by atoms with E-state index in [9.17, 15) is 4.79 Å². The molecule has 4 rings (SSSR count). The number of esters is 1. The highest BCUT2D eigenvalue weighted by atomic mass is 79.9. The van der Waals surface area contributed by atoms with E-state index in [4.69, 9.17) is 24.3 Å². The van der Waals surface area contributed by atoms with Crippen molar-refractivity contribution in [2.24, 2.45) is 0 Å². The summed E-state index contributed by atoms with van der Waals surface area (Å²) in [5.74, 6) is 2.21. The maximum Gasteiger partial charge on any atom is 0.338 e. The molecule has 1 aliphatic heterocycles. The van der Waals surface area contributed by atoms with E-state index in [-0.39, 0.29) is 6.10 Å². The topological polar surface area (TPSA) is 87.5 Å². The van der Waals surface area contributed by atoms with Crippen LogP contribution in [-0.2, 0) is 16.1 Å². The molecule has 1 unspecified atom stereocenters. The third kappa shape index (κ3) is 6.78. The summed E-state index contributed by atoms with van der Waals surface area (Å²) < 4.78 is 20.0. The normalized spacial score (nSPS) is 14.7. The first kappa shape index (κ1) is 29.0. The van der Waals surface area contributed by atoms with Crippen LogP contribution in [0.2, 0.25) is 0 Å². The monoisotopic (exact) mass is 614 g/mol. The molecule has 1 aliphatic rings. The summed E-state index contributed by atoms with van der Waals surface area (Å²) in [6.07, 6.45) is 1.90. The molecule has 0 saturated carbocycles. The maximum atomic E-state index is 13.4. The number of ether oxygens (including phenoxy) is 3. The first-order valence-electron chi connectivity index (χ1n) is 13.1. The number of carbonyl (C=O) groups is 1. The summed E-state index contributed by atoms with van der Waals surface area (Å²) in [6.45, 7) is 10.1. The number of aromatic nitrogens is 3. The van der Waals surface area contributed by atoms with Gasteiger partial charge in [-0.3, -0.25) is 0 Å². The number of aryl methyl sites for hydroxylation is 1. The Balaban J connectivity index is 1.74. The number of hydrogen-bond donors (Lipinski definition) is 1. The lowest BCUT2D eigenvalue weighted by Crippen LogP contribution is -2.30. The van der Waals surface area contributed by atoms with Crippen molar-refractivity contribution < 1.29 is 19.0 Å². The molecule has 3 aromatic rings. The number of benzene rings is 2. The number of rotatable bonds is 11. The highest BCUT2D eigenvalue weighted by Crippen LogP contribution is 2.43. The van der Waals surface area contributed by atoms with Crippen LogP contribution in [0.15, 0.2) is 57.3 Å². The fourth-order valence-electron chi connectivity index (χ4n) is 4.23. The molecule has 0 radical (unpaired) electrons. The van der Waals surface area contributed by atoms with Gasteiger partial charge >= 0.3 is 5.97 Å². The highest BCUT2D eigenvalue weighted by Gasteiger charge is 2.36. The van der Waals surface area contributed by atoms with E-state index in [1.807, 2.05) is 45.0 Å². The summed E-state index contributed by atoms with van der Waals surface area (Å²) >= 11 is 5.29. The van der Waals surface area contributed by atoms with Crippen LogP contribution >= 0.6 is 27.7 Å². The molecular weight excluding hydrogens is 580 g/mol. The number of nitrogens with one attached hydrogen (secondary N) is 1. The van der Waals surface area contributed by atoms with Crippen molar-refractivity contribution in [3.63, 3.8) is 0 Å². The predicted molar refractivity (Wildman–Crippen MR) is 158 cm³/mol. The number of halogens is 1. The van der Waals surface area contributed by atoms with E-state index < -0.39 is 12.0 Å². The number of carbonyl (C=O) groups excluding carboxylic acids is 1. The summed E-state index contributed by atoms with van der Waals surface area (Å²) in [5, 5.41) is 8.71. The Bertz CT molecular complexity index is 1350. The van der Waals surface area contributed by atoms with Crippen molar-refractivity contribution in [2.75, 3.05) is 18.2 Å². The molecule has 2 aromatic carbocycles. The largest absolute Gasteiger partial charge is 0.493 e. The van der Waals surface area contributed by atoms with Crippen molar-refractivity contribution in [3.05, 3.63) is 68.8 Å². The number of nitrogens with zero attached hydrogens (tertiary/aromatic N) is 3. The van der Waals surface area contributed by atoms with Gasteiger partial charge in [-0.15, -0.1) is 5.10 Å². The van der Waals surface area contributed by atoms with Gasteiger partial charge in [0.1, 0.15) is 12.6 Å². The zero-order valence-corrected chi connectivity index (χ0v) is 25.6. The van der Waals surface area contributed by atoms with Crippen LogP contribution in [0, 0.1) is 6.92 Å². The zero-order chi connectivity index (χ0) is 28.1. The highest BCUT2D eigenvalue weighted by molar-refractivity contribution is 9.10. The van der Waals surface area contributed by atoms with Crippen LogP contribution in [0.4, 0.5) is 5.95 Å². The molecule has 2 heterocycles. The van der Waals surface area contributed by atoms with Crippen molar-refractivity contribution in [2.45, 2.75) is 71.4 Å². The Morgan fingerprint density at radius 2 is 1.95 bits per heavy atom. The predicted octanol–water partition coefficient (Wildman–Crippen LogP) is 7.07. The molecule has 1 N–H and O–H groups in total. The van der Waals surface area contributed by atoms with Crippen molar-refractivity contribution in [1.82, 2.24) is 14.8 Å². The molecule has 1 aromatic heterocycles. The average molecular weight is 616 g/mol. The minimum absolute atomic E-state index is 0.269. The van der Waals surface area contributed by atoms with Crippen LogP contribution in [0.5, 0.6) is 11.5 Å². The van der Waals surface area contributed by atoms with Gasteiger partial charge in [-0.05, 0) is 73.3 Å². The first-order chi connectivity index (χ1) is 18.7. The molecule has 8 nitrogen and oxygen atoms in total. The van der Waals surface area contributed by atoms with Gasteiger partial charge in [-0.25, -0.2) is 9.48 Å². The SMILES string of the molecule is CCCCSc1nc2n(n1)C(c1cc(Br)c(OCc3ccc(C)cc3)c(OC)c1)C(C(=O)OC(C)C)=C(C)N2. The summed E-state index contributed by atoms with van der Waals surface area (Å²) in [7, 11) is 1.60. The minimum atomic E-state index is -0.572. The van der Waals surface area contributed by atoms with Gasteiger partial charge in [0.15, 0.2) is 11.5 Å². The maximum absolute atomic E-state index is 13.4. The smallest absolute Gasteiger partial charge is 0.338 e. The lowest BCUT2D eigenvalue weighted by atomic mass is 9.95. The fourth-order valence-corrected chi connectivity index (χ4v) is 5.71.